The molecule has 0 bridgehead atoms. The Morgan fingerprint density at radius 3 is 2.53 bits per heavy atom. The standard InChI is InChI=1S/C11H15N5O2S/c1-7-11(6-16(2)15-7)14-10-5-8(19(13,17)18)3-4-9(10)12/h3-6,14H,12H2,1-2H3,(H2,13,17,18). The Balaban J connectivity index is 2.42. The maximum atomic E-state index is 11.3. The SMILES string of the molecule is Cc1nn(C)cc1Nc1cc(S(N)(=O)=O)ccc1N. The number of anilines is 3. The highest BCUT2D eigenvalue weighted by molar-refractivity contribution is 7.89. The molecule has 0 aliphatic carbocycles. The minimum atomic E-state index is -3.76. The fourth-order valence-electron chi connectivity index (χ4n) is 1.69. The summed E-state index contributed by atoms with van der Waals surface area (Å²) in [5.74, 6) is 0. The summed E-state index contributed by atoms with van der Waals surface area (Å²) in [6.07, 6.45) is 1.78. The van der Waals surface area contributed by atoms with Crippen molar-refractivity contribution in [2.24, 2.45) is 12.2 Å². The highest BCUT2D eigenvalue weighted by Crippen LogP contribution is 2.27. The molecule has 2 rings (SSSR count). The molecule has 0 aliphatic heterocycles. The first-order chi connectivity index (χ1) is 8.77. The van der Waals surface area contributed by atoms with Gasteiger partial charge in [0.25, 0.3) is 0 Å². The monoisotopic (exact) mass is 281 g/mol. The summed E-state index contributed by atoms with van der Waals surface area (Å²) in [6, 6.07) is 4.26. The van der Waals surface area contributed by atoms with E-state index in [0.717, 1.165) is 11.4 Å². The van der Waals surface area contributed by atoms with Crippen LogP contribution in [0.4, 0.5) is 17.1 Å². The molecule has 7 nitrogen and oxygen atoms in total. The topological polar surface area (TPSA) is 116 Å². The summed E-state index contributed by atoms with van der Waals surface area (Å²) in [6.45, 7) is 1.84. The van der Waals surface area contributed by atoms with Gasteiger partial charge in [0.05, 0.1) is 27.7 Å². The number of primary sulfonamides is 1. The zero-order chi connectivity index (χ0) is 14.2. The van der Waals surface area contributed by atoms with Crippen LogP contribution < -0.4 is 16.2 Å². The van der Waals surface area contributed by atoms with Crippen LogP contribution in [0.25, 0.3) is 0 Å². The fraction of sp³-hybridized carbons (Fsp3) is 0.182. The minimum absolute atomic E-state index is 0.00532. The highest BCUT2D eigenvalue weighted by atomic mass is 32.2. The van der Waals surface area contributed by atoms with Gasteiger partial charge in [0.15, 0.2) is 0 Å². The number of nitrogens with zero attached hydrogens (tertiary/aromatic N) is 2. The van der Waals surface area contributed by atoms with E-state index in [9.17, 15) is 8.42 Å². The van der Waals surface area contributed by atoms with Gasteiger partial charge in [0.1, 0.15) is 0 Å². The molecule has 0 spiro atoms. The van der Waals surface area contributed by atoms with Gasteiger partial charge in [-0.15, -0.1) is 0 Å². The molecule has 0 radical (unpaired) electrons. The first kappa shape index (κ1) is 13.4. The second-order valence-corrected chi connectivity index (χ2v) is 5.78. The summed E-state index contributed by atoms with van der Waals surface area (Å²) < 4.78 is 24.3. The van der Waals surface area contributed by atoms with Crippen LogP contribution in [0, 0.1) is 6.92 Å². The molecule has 0 saturated heterocycles. The summed E-state index contributed by atoms with van der Waals surface area (Å²) in [4.78, 5) is 0.00532. The van der Waals surface area contributed by atoms with E-state index in [-0.39, 0.29) is 4.90 Å². The van der Waals surface area contributed by atoms with Crippen LogP contribution in [0.2, 0.25) is 0 Å². The van der Waals surface area contributed by atoms with E-state index in [1.165, 1.54) is 18.2 Å². The molecule has 2 aromatic rings. The van der Waals surface area contributed by atoms with Gasteiger partial charge in [-0.1, -0.05) is 0 Å². The van der Waals surface area contributed by atoms with Gasteiger partial charge in [-0.3, -0.25) is 4.68 Å². The summed E-state index contributed by atoms with van der Waals surface area (Å²) >= 11 is 0. The van der Waals surface area contributed by atoms with E-state index in [0.29, 0.717) is 11.4 Å². The average molecular weight is 281 g/mol. The van der Waals surface area contributed by atoms with Crippen molar-refractivity contribution in [2.45, 2.75) is 11.8 Å². The van der Waals surface area contributed by atoms with E-state index >= 15 is 0 Å². The number of nitrogen functional groups attached to an aromatic ring is 1. The molecule has 0 fully saturated rings. The lowest BCUT2D eigenvalue weighted by atomic mass is 10.2. The second-order valence-electron chi connectivity index (χ2n) is 4.22. The number of hydrogen-bond acceptors (Lipinski definition) is 5. The van der Waals surface area contributed by atoms with Crippen LogP contribution in [0.15, 0.2) is 29.3 Å². The molecule has 1 heterocycles. The minimum Gasteiger partial charge on any atom is -0.397 e. The third kappa shape index (κ3) is 2.85. The smallest absolute Gasteiger partial charge is 0.238 e. The Morgan fingerprint density at radius 2 is 2.00 bits per heavy atom. The number of aromatic nitrogens is 2. The molecule has 8 heteroatoms. The molecule has 0 unspecified atom stereocenters. The largest absolute Gasteiger partial charge is 0.397 e. The third-order valence-corrected chi connectivity index (χ3v) is 3.55. The lowest BCUT2D eigenvalue weighted by Gasteiger charge is -2.09. The van der Waals surface area contributed by atoms with Crippen molar-refractivity contribution < 1.29 is 8.42 Å². The predicted molar refractivity (Wildman–Crippen MR) is 73.5 cm³/mol. The van der Waals surface area contributed by atoms with Crippen molar-refractivity contribution in [2.75, 3.05) is 11.1 Å². The molecular formula is C11H15N5O2S. The highest BCUT2D eigenvalue weighted by Gasteiger charge is 2.12. The Kier molecular flexibility index (Phi) is 3.21. The van der Waals surface area contributed by atoms with Crippen LogP contribution in [-0.2, 0) is 17.1 Å². The number of nitrogens with two attached hydrogens (primary N) is 2. The first-order valence-corrected chi connectivity index (χ1v) is 7.01. The van der Waals surface area contributed by atoms with E-state index < -0.39 is 10.0 Å². The van der Waals surface area contributed by atoms with Gasteiger partial charge >= 0.3 is 0 Å². The quantitative estimate of drug-likeness (QED) is 0.716. The van der Waals surface area contributed by atoms with Gasteiger partial charge in [-0.25, -0.2) is 13.6 Å². The predicted octanol–water partition coefficient (Wildman–Crippen LogP) is 0.702. The van der Waals surface area contributed by atoms with Crippen LogP contribution in [-0.4, -0.2) is 18.2 Å². The number of benzene rings is 1. The summed E-state index contributed by atoms with van der Waals surface area (Å²) in [7, 11) is -1.96. The molecule has 1 aromatic heterocycles. The molecule has 0 aliphatic rings. The molecule has 0 amide bonds. The van der Waals surface area contributed by atoms with Crippen LogP contribution in [0.1, 0.15) is 5.69 Å². The molecule has 5 N–H and O–H groups in total. The summed E-state index contributed by atoms with van der Waals surface area (Å²) in [5, 5.41) is 12.3. The molecular weight excluding hydrogens is 266 g/mol. The second kappa shape index (κ2) is 4.56. The van der Waals surface area contributed by atoms with E-state index in [4.69, 9.17) is 10.9 Å². The lowest BCUT2D eigenvalue weighted by Crippen LogP contribution is -2.12. The average Bonchev–Trinajstić information content (AvgIpc) is 2.59. The number of rotatable bonds is 3. The number of sulfonamides is 1. The van der Waals surface area contributed by atoms with Gasteiger partial charge < -0.3 is 11.1 Å². The van der Waals surface area contributed by atoms with Crippen molar-refractivity contribution in [3.8, 4) is 0 Å². The van der Waals surface area contributed by atoms with Gasteiger partial charge in [-0.05, 0) is 25.1 Å². The van der Waals surface area contributed by atoms with Crippen molar-refractivity contribution in [1.29, 1.82) is 0 Å². The Morgan fingerprint density at radius 1 is 1.32 bits per heavy atom. The molecule has 1 aromatic carbocycles. The van der Waals surface area contributed by atoms with Gasteiger partial charge in [0.2, 0.25) is 10.0 Å². The normalized spacial score (nSPS) is 11.5. The number of nitrogens with one attached hydrogen (secondary N) is 1. The van der Waals surface area contributed by atoms with E-state index in [1.54, 1.807) is 17.9 Å². The number of aryl methyl sites for hydroxylation is 2. The van der Waals surface area contributed by atoms with Crippen molar-refractivity contribution >= 4 is 27.1 Å². The lowest BCUT2D eigenvalue weighted by molar-refractivity contribution is 0.598. The Bertz CT molecular complexity index is 721. The zero-order valence-electron chi connectivity index (χ0n) is 10.6. The van der Waals surface area contributed by atoms with Gasteiger partial charge in [-0.2, -0.15) is 5.10 Å². The summed E-state index contributed by atoms with van der Waals surface area (Å²) in [5.41, 5.74) is 8.24. The Hall–Kier alpha value is -2.06. The van der Waals surface area contributed by atoms with E-state index in [2.05, 4.69) is 10.4 Å². The molecule has 19 heavy (non-hydrogen) atoms. The van der Waals surface area contributed by atoms with Crippen LogP contribution in [0.5, 0.6) is 0 Å². The van der Waals surface area contributed by atoms with Crippen molar-refractivity contribution in [3.63, 3.8) is 0 Å². The van der Waals surface area contributed by atoms with E-state index in [1.807, 2.05) is 6.92 Å². The Labute approximate surface area is 111 Å². The first-order valence-electron chi connectivity index (χ1n) is 5.47. The molecule has 0 saturated carbocycles. The van der Waals surface area contributed by atoms with Crippen LogP contribution in [0.3, 0.4) is 0 Å². The maximum Gasteiger partial charge on any atom is 0.238 e. The molecule has 0 atom stereocenters. The maximum absolute atomic E-state index is 11.3. The fourth-order valence-corrected chi connectivity index (χ4v) is 2.23. The van der Waals surface area contributed by atoms with Crippen molar-refractivity contribution in [3.05, 3.63) is 30.1 Å². The van der Waals surface area contributed by atoms with Gasteiger partial charge in [0, 0.05) is 13.2 Å². The third-order valence-electron chi connectivity index (χ3n) is 2.64. The van der Waals surface area contributed by atoms with Crippen molar-refractivity contribution in [1.82, 2.24) is 9.78 Å². The molecule has 102 valence electrons. The van der Waals surface area contributed by atoms with Crippen LogP contribution >= 0.6 is 0 Å². The zero-order valence-corrected chi connectivity index (χ0v) is 11.4. The number of hydrogen-bond donors (Lipinski definition) is 3.